The van der Waals surface area contributed by atoms with Crippen LogP contribution in [0.25, 0.3) is 10.9 Å². The summed E-state index contributed by atoms with van der Waals surface area (Å²) in [5, 5.41) is 4.77. The number of aromatic amines is 1. The van der Waals surface area contributed by atoms with Gasteiger partial charge in [-0.2, -0.15) is 0 Å². The number of halogens is 1. The molecule has 1 aromatic carbocycles. The number of aromatic nitrogens is 1. The molecule has 0 saturated heterocycles. The van der Waals surface area contributed by atoms with Crippen molar-refractivity contribution in [3.8, 4) is 0 Å². The van der Waals surface area contributed by atoms with E-state index in [2.05, 4.69) is 17.2 Å². The van der Waals surface area contributed by atoms with Gasteiger partial charge in [-0.15, -0.1) is 0 Å². The lowest BCUT2D eigenvalue weighted by atomic mass is 9.86. The number of fused-ring (bicyclic) bond motifs is 1. The van der Waals surface area contributed by atoms with Gasteiger partial charge in [0.1, 0.15) is 5.69 Å². The molecule has 1 aliphatic carbocycles. The highest BCUT2D eigenvalue weighted by Crippen LogP contribution is 2.25. The Labute approximate surface area is 123 Å². The van der Waals surface area contributed by atoms with Crippen LogP contribution in [-0.4, -0.2) is 16.9 Å². The topological polar surface area (TPSA) is 44.9 Å². The van der Waals surface area contributed by atoms with Crippen molar-refractivity contribution in [1.82, 2.24) is 10.3 Å². The molecule has 2 unspecified atom stereocenters. The fourth-order valence-corrected chi connectivity index (χ4v) is 3.25. The maximum atomic E-state index is 12.4. The Morgan fingerprint density at radius 3 is 2.90 bits per heavy atom. The Morgan fingerprint density at radius 2 is 2.15 bits per heavy atom. The summed E-state index contributed by atoms with van der Waals surface area (Å²) in [6.07, 6.45) is 4.75. The lowest BCUT2D eigenvalue weighted by molar-refractivity contribution is 0.0906. The minimum Gasteiger partial charge on any atom is -0.349 e. The van der Waals surface area contributed by atoms with E-state index in [1.807, 2.05) is 24.3 Å². The highest BCUT2D eigenvalue weighted by Gasteiger charge is 2.23. The molecule has 3 rings (SSSR count). The van der Waals surface area contributed by atoms with Crippen LogP contribution in [0.4, 0.5) is 0 Å². The van der Waals surface area contributed by atoms with Gasteiger partial charge in [-0.25, -0.2) is 0 Å². The van der Waals surface area contributed by atoms with Gasteiger partial charge < -0.3 is 10.3 Å². The summed E-state index contributed by atoms with van der Waals surface area (Å²) in [7, 11) is 0. The molecule has 20 heavy (non-hydrogen) atoms. The first-order valence-corrected chi connectivity index (χ1v) is 7.61. The van der Waals surface area contributed by atoms with E-state index in [-0.39, 0.29) is 11.9 Å². The zero-order valence-electron chi connectivity index (χ0n) is 11.6. The summed E-state index contributed by atoms with van der Waals surface area (Å²) >= 11 is 6.13. The van der Waals surface area contributed by atoms with Crippen molar-refractivity contribution in [2.45, 2.75) is 38.6 Å². The van der Waals surface area contributed by atoms with Gasteiger partial charge in [0.15, 0.2) is 0 Å². The number of benzene rings is 1. The van der Waals surface area contributed by atoms with E-state index in [0.717, 1.165) is 17.3 Å². The number of carbonyl (C=O) groups excluding carboxylic acids is 1. The first kappa shape index (κ1) is 13.5. The third kappa shape index (κ3) is 2.55. The second-order valence-electron chi connectivity index (χ2n) is 5.73. The molecule has 0 bridgehead atoms. The number of hydrogen-bond acceptors (Lipinski definition) is 1. The van der Waals surface area contributed by atoms with Crippen molar-refractivity contribution >= 4 is 28.4 Å². The van der Waals surface area contributed by atoms with Crippen molar-refractivity contribution in [2.75, 3.05) is 0 Å². The maximum Gasteiger partial charge on any atom is 0.267 e. The van der Waals surface area contributed by atoms with Crippen LogP contribution >= 0.6 is 11.6 Å². The smallest absolute Gasteiger partial charge is 0.267 e. The van der Waals surface area contributed by atoms with E-state index in [9.17, 15) is 4.79 Å². The van der Waals surface area contributed by atoms with Gasteiger partial charge in [-0.1, -0.05) is 43.5 Å². The van der Waals surface area contributed by atoms with Crippen LogP contribution in [0.15, 0.2) is 24.3 Å². The van der Waals surface area contributed by atoms with Crippen LogP contribution in [-0.2, 0) is 0 Å². The average molecular weight is 291 g/mol. The Balaban J connectivity index is 1.80. The predicted octanol–water partition coefficient (Wildman–Crippen LogP) is 4.13. The highest BCUT2D eigenvalue weighted by molar-refractivity contribution is 6.35. The summed E-state index contributed by atoms with van der Waals surface area (Å²) in [6.45, 7) is 2.21. The van der Waals surface area contributed by atoms with Gasteiger partial charge in [-0.3, -0.25) is 4.79 Å². The van der Waals surface area contributed by atoms with Crippen molar-refractivity contribution in [1.29, 1.82) is 0 Å². The Bertz CT molecular complexity index is 634. The summed E-state index contributed by atoms with van der Waals surface area (Å²) in [4.78, 5) is 15.5. The highest BCUT2D eigenvalue weighted by atomic mass is 35.5. The molecule has 2 N–H and O–H groups in total. The molecule has 106 valence electrons. The fraction of sp³-hybridized carbons (Fsp3) is 0.438. The number of rotatable bonds is 2. The van der Waals surface area contributed by atoms with Crippen LogP contribution in [0.1, 0.15) is 43.1 Å². The number of hydrogen-bond donors (Lipinski definition) is 2. The first-order valence-electron chi connectivity index (χ1n) is 7.23. The second kappa shape index (κ2) is 5.49. The van der Waals surface area contributed by atoms with E-state index >= 15 is 0 Å². The molecule has 0 spiro atoms. The molecule has 1 fully saturated rings. The third-order valence-electron chi connectivity index (χ3n) is 4.28. The lowest BCUT2D eigenvalue weighted by Crippen LogP contribution is -2.41. The van der Waals surface area contributed by atoms with Gasteiger partial charge in [0.25, 0.3) is 5.91 Å². The molecule has 1 heterocycles. The van der Waals surface area contributed by atoms with E-state index in [1.54, 1.807) is 0 Å². The Morgan fingerprint density at radius 1 is 1.35 bits per heavy atom. The lowest BCUT2D eigenvalue weighted by Gasteiger charge is -2.29. The SMILES string of the molecule is CC1CCCCC1NC(=O)c1cc2cccc(Cl)c2[nH]1. The molecule has 0 radical (unpaired) electrons. The summed E-state index contributed by atoms with van der Waals surface area (Å²) in [5.41, 5.74) is 1.42. The molecule has 0 aliphatic heterocycles. The van der Waals surface area contributed by atoms with E-state index in [0.29, 0.717) is 16.6 Å². The number of para-hydroxylation sites is 1. The summed E-state index contributed by atoms with van der Waals surface area (Å²) in [5.74, 6) is 0.525. The number of amides is 1. The summed E-state index contributed by atoms with van der Waals surface area (Å²) < 4.78 is 0. The molecule has 1 saturated carbocycles. The van der Waals surface area contributed by atoms with Gasteiger partial charge in [0.2, 0.25) is 0 Å². The van der Waals surface area contributed by atoms with Crippen molar-refractivity contribution in [2.24, 2.45) is 5.92 Å². The first-order chi connectivity index (χ1) is 9.65. The zero-order valence-corrected chi connectivity index (χ0v) is 12.3. The standard InChI is InChI=1S/C16H19ClN2O/c1-10-5-2-3-8-13(10)19-16(20)14-9-11-6-4-7-12(17)15(11)18-14/h4,6-7,9-10,13,18H,2-3,5,8H2,1H3,(H,19,20). The molecular weight excluding hydrogens is 272 g/mol. The molecule has 3 nitrogen and oxygen atoms in total. The average Bonchev–Trinajstić information content (AvgIpc) is 2.87. The molecule has 2 aromatic rings. The summed E-state index contributed by atoms with van der Waals surface area (Å²) in [6, 6.07) is 7.83. The van der Waals surface area contributed by atoms with Crippen molar-refractivity contribution in [3.63, 3.8) is 0 Å². The van der Waals surface area contributed by atoms with Crippen LogP contribution in [0.5, 0.6) is 0 Å². The minimum absolute atomic E-state index is 0.0315. The second-order valence-corrected chi connectivity index (χ2v) is 6.14. The molecule has 1 aliphatic rings. The molecule has 4 heteroatoms. The molecule has 2 atom stereocenters. The van der Waals surface area contributed by atoms with Gasteiger partial charge in [0.05, 0.1) is 10.5 Å². The number of H-pyrrole nitrogens is 1. The van der Waals surface area contributed by atoms with Crippen LogP contribution in [0, 0.1) is 5.92 Å². The quantitative estimate of drug-likeness (QED) is 0.858. The van der Waals surface area contributed by atoms with Crippen molar-refractivity contribution < 1.29 is 4.79 Å². The number of nitrogens with one attached hydrogen (secondary N) is 2. The van der Waals surface area contributed by atoms with Crippen LogP contribution < -0.4 is 5.32 Å². The van der Waals surface area contributed by atoms with Crippen LogP contribution in [0.2, 0.25) is 5.02 Å². The molecule has 1 aromatic heterocycles. The Kier molecular flexibility index (Phi) is 3.70. The predicted molar refractivity (Wildman–Crippen MR) is 82.2 cm³/mol. The van der Waals surface area contributed by atoms with E-state index in [1.165, 1.54) is 19.3 Å². The minimum atomic E-state index is -0.0315. The molecular formula is C16H19ClN2O. The Hall–Kier alpha value is -1.48. The number of carbonyl (C=O) groups is 1. The fourth-order valence-electron chi connectivity index (χ4n) is 3.02. The normalized spacial score (nSPS) is 22.9. The maximum absolute atomic E-state index is 12.4. The van der Waals surface area contributed by atoms with Gasteiger partial charge in [-0.05, 0) is 30.9 Å². The van der Waals surface area contributed by atoms with E-state index < -0.39 is 0 Å². The zero-order chi connectivity index (χ0) is 14.1. The van der Waals surface area contributed by atoms with Crippen molar-refractivity contribution in [3.05, 3.63) is 35.0 Å². The van der Waals surface area contributed by atoms with Gasteiger partial charge >= 0.3 is 0 Å². The largest absolute Gasteiger partial charge is 0.349 e. The van der Waals surface area contributed by atoms with E-state index in [4.69, 9.17) is 11.6 Å². The third-order valence-corrected chi connectivity index (χ3v) is 4.59. The molecule has 1 amide bonds. The monoisotopic (exact) mass is 290 g/mol. The van der Waals surface area contributed by atoms with Gasteiger partial charge in [0, 0.05) is 11.4 Å². The van der Waals surface area contributed by atoms with Crippen LogP contribution in [0.3, 0.4) is 0 Å².